The van der Waals surface area contributed by atoms with Gasteiger partial charge in [-0.25, -0.2) is 0 Å². The number of nitrogens with zero attached hydrogens (tertiary/aromatic N) is 2. The molecule has 3 nitrogen and oxygen atoms in total. The minimum Gasteiger partial charge on any atom is -0.326 e. The maximum atomic E-state index is 11.9. The van der Waals surface area contributed by atoms with E-state index in [2.05, 4.69) is 6.07 Å². The molecular weight excluding hydrogens is 248 g/mol. The molecule has 0 fully saturated rings. The van der Waals surface area contributed by atoms with E-state index in [0.29, 0.717) is 11.4 Å². The van der Waals surface area contributed by atoms with E-state index >= 15 is 0 Å². The Balaban J connectivity index is 2.87. The molecule has 1 rings (SSSR count). The Morgan fingerprint density at radius 2 is 1.94 bits per heavy atom. The first-order valence-electron chi connectivity index (χ1n) is 5.86. The standard InChI is InChI=1S/C14H17ClN2O/c1-10(2)8-14(18)17(3)13(9-16)11-4-6-12(15)7-5-11/h4-7,10,13H,8H2,1-3H3. The van der Waals surface area contributed by atoms with Crippen LogP contribution in [-0.4, -0.2) is 17.9 Å². The van der Waals surface area contributed by atoms with Crippen molar-refractivity contribution >= 4 is 17.5 Å². The van der Waals surface area contributed by atoms with Crippen molar-refractivity contribution in [3.63, 3.8) is 0 Å². The lowest BCUT2D eigenvalue weighted by molar-refractivity contribution is -0.131. The Labute approximate surface area is 113 Å². The van der Waals surface area contributed by atoms with Gasteiger partial charge in [-0.2, -0.15) is 5.26 Å². The first-order chi connectivity index (χ1) is 8.45. The smallest absolute Gasteiger partial charge is 0.223 e. The Hall–Kier alpha value is -1.53. The van der Waals surface area contributed by atoms with Gasteiger partial charge in [0.2, 0.25) is 5.91 Å². The molecule has 0 aliphatic rings. The molecule has 0 saturated heterocycles. The SMILES string of the molecule is CC(C)CC(=O)N(C)C(C#N)c1ccc(Cl)cc1. The highest BCUT2D eigenvalue weighted by atomic mass is 35.5. The predicted molar refractivity (Wildman–Crippen MR) is 72.0 cm³/mol. The molecule has 96 valence electrons. The van der Waals surface area contributed by atoms with Crippen molar-refractivity contribution in [3.05, 3.63) is 34.9 Å². The fraction of sp³-hybridized carbons (Fsp3) is 0.429. The number of amides is 1. The van der Waals surface area contributed by atoms with E-state index in [0.717, 1.165) is 5.56 Å². The molecule has 0 bridgehead atoms. The number of benzene rings is 1. The topological polar surface area (TPSA) is 44.1 Å². The number of halogens is 1. The number of carbonyl (C=O) groups is 1. The van der Waals surface area contributed by atoms with Gasteiger partial charge in [-0.3, -0.25) is 4.79 Å². The van der Waals surface area contributed by atoms with Crippen LogP contribution in [0.5, 0.6) is 0 Å². The molecule has 1 amide bonds. The summed E-state index contributed by atoms with van der Waals surface area (Å²) >= 11 is 5.81. The second-order valence-corrected chi connectivity index (χ2v) is 5.12. The van der Waals surface area contributed by atoms with Crippen molar-refractivity contribution in [1.29, 1.82) is 5.26 Å². The van der Waals surface area contributed by atoms with Gasteiger partial charge < -0.3 is 4.90 Å². The highest BCUT2D eigenvalue weighted by molar-refractivity contribution is 6.30. The molecule has 0 aromatic heterocycles. The van der Waals surface area contributed by atoms with Crippen molar-refractivity contribution in [2.75, 3.05) is 7.05 Å². The quantitative estimate of drug-likeness (QED) is 0.836. The number of nitriles is 1. The lowest BCUT2D eigenvalue weighted by Gasteiger charge is -2.24. The summed E-state index contributed by atoms with van der Waals surface area (Å²) in [4.78, 5) is 13.4. The summed E-state index contributed by atoms with van der Waals surface area (Å²) in [5, 5.41) is 9.84. The normalized spacial score (nSPS) is 12.0. The summed E-state index contributed by atoms with van der Waals surface area (Å²) in [5.74, 6) is 0.260. The zero-order valence-corrected chi connectivity index (χ0v) is 11.6. The van der Waals surface area contributed by atoms with E-state index in [-0.39, 0.29) is 11.8 Å². The van der Waals surface area contributed by atoms with Crippen LogP contribution in [0, 0.1) is 17.2 Å². The van der Waals surface area contributed by atoms with Crippen molar-refractivity contribution in [1.82, 2.24) is 4.90 Å². The average Bonchev–Trinajstić information content (AvgIpc) is 2.31. The molecule has 0 N–H and O–H groups in total. The van der Waals surface area contributed by atoms with E-state index in [1.165, 1.54) is 4.90 Å². The summed E-state index contributed by atoms with van der Waals surface area (Å²) in [5.41, 5.74) is 0.779. The van der Waals surface area contributed by atoms with E-state index in [1.807, 2.05) is 13.8 Å². The van der Waals surface area contributed by atoms with Crippen molar-refractivity contribution in [3.8, 4) is 6.07 Å². The van der Waals surface area contributed by atoms with Crippen LogP contribution in [0.25, 0.3) is 0 Å². The summed E-state index contributed by atoms with van der Waals surface area (Å²) < 4.78 is 0. The molecule has 0 heterocycles. The highest BCUT2D eigenvalue weighted by Crippen LogP contribution is 2.22. The monoisotopic (exact) mass is 264 g/mol. The van der Waals surface area contributed by atoms with Gasteiger partial charge in [-0.1, -0.05) is 37.6 Å². The van der Waals surface area contributed by atoms with Crippen LogP contribution >= 0.6 is 11.6 Å². The van der Waals surface area contributed by atoms with E-state index < -0.39 is 6.04 Å². The Morgan fingerprint density at radius 1 is 1.39 bits per heavy atom. The van der Waals surface area contributed by atoms with Gasteiger partial charge in [0.05, 0.1) is 6.07 Å². The van der Waals surface area contributed by atoms with Gasteiger partial charge in [0.1, 0.15) is 6.04 Å². The maximum Gasteiger partial charge on any atom is 0.223 e. The highest BCUT2D eigenvalue weighted by Gasteiger charge is 2.21. The van der Waals surface area contributed by atoms with Crippen LogP contribution in [0.15, 0.2) is 24.3 Å². The molecule has 1 aromatic rings. The van der Waals surface area contributed by atoms with Crippen LogP contribution in [-0.2, 0) is 4.79 Å². The number of carbonyl (C=O) groups excluding carboxylic acids is 1. The van der Waals surface area contributed by atoms with Crippen LogP contribution in [0.1, 0.15) is 31.9 Å². The van der Waals surface area contributed by atoms with E-state index in [1.54, 1.807) is 31.3 Å². The molecule has 4 heteroatoms. The lowest BCUT2D eigenvalue weighted by atomic mass is 10.0. The first kappa shape index (κ1) is 14.5. The number of hydrogen-bond donors (Lipinski definition) is 0. The summed E-state index contributed by atoms with van der Waals surface area (Å²) in [7, 11) is 1.66. The van der Waals surface area contributed by atoms with Crippen molar-refractivity contribution in [2.24, 2.45) is 5.92 Å². The third-order valence-electron chi connectivity index (χ3n) is 2.67. The molecule has 0 aliphatic carbocycles. The maximum absolute atomic E-state index is 11.9. The number of hydrogen-bond acceptors (Lipinski definition) is 2. The lowest BCUT2D eigenvalue weighted by Crippen LogP contribution is -2.31. The van der Waals surface area contributed by atoms with Gasteiger partial charge in [0.15, 0.2) is 0 Å². The fourth-order valence-corrected chi connectivity index (χ4v) is 1.79. The zero-order valence-electron chi connectivity index (χ0n) is 10.9. The summed E-state index contributed by atoms with van der Waals surface area (Å²) in [6, 6.07) is 8.59. The van der Waals surface area contributed by atoms with Gasteiger partial charge >= 0.3 is 0 Å². The molecule has 0 spiro atoms. The molecule has 1 unspecified atom stereocenters. The van der Waals surface area contributed by atoms with Crippen molar-refractivity contribution < 1.29 is 4.79 Å². The molecule has 0 radical (unpaired) electrons. The van der Waals surface area contributed by atoms with Gasteiger partial charge in [-0.05, 0) is 23.6 Å². The van der Waals surface area contributed by atoms with Gasteiger partial charge in [0.25, 0.3) is 0 Å². The van der Waals surface area contributed by atoms with Gasteiger partial charge in [0, 0.05) is 18.5 Å². The minimum absolute atomic E-state index is 0.0218. The molecule has 1 aromatic carbocycles. The van der Waals surface area contributed by atoms with Gasteiger partial charge in [-0.15, -0.1) is 0 Å². The van der Waals surface area contributed by atoms with Crippen LogP contribution in [0.2, 0.25) is 5.02 Å². The molecule has 1 atom stereocenters. The first-order valence-corrected chi connectivity index (χ1v) is 6.24. The van der Waals surface area contributed by atoms with Crippen LogP contribution in [0.3, 0.4) is 0 Å². The second kappa shape index (κ2) is 6.42. The van der Waals surface area contributed by atoms with E-state index in [9.17, 15) is 10.1 Å². The zero-order chi connectivity index (χ0) is 13.7. The fourth-order valence-electron chi connectivity index (χ4n) is 1.67. The third-order valence-corrected chi connectivity index (χ3v) is 2.92. The van der Waals surface area contributed by atoms with Crippen LogP contribution in [0.4, 0.5) is 0 Å². The van der Waals surface area contributed by atoms with Crippen molar-refractivity contribution in [2.45, 2.75) is 26.3 Å². The second-order valence-electron chi connectivity index (χ2n) is 4.69. The molecule has 18 heavy (non-hydrogen) atoms. The molecule has 0 aliphatic heterocycles. The Bertz CT molecular complexity index is 448. The average molecular weight is 265 g/mol. The minimum atomic E-state index is -0.562. The Morgan fingerprint density at radius 3 is 2.39 bits per heavy atom. The summed E-state index contributed by atoms with van der Waals surface area (Å²) in [6.45, 7) is 3.96. The predicted octanol–water partition coefficient (Wildman–Crippen LogP) is 3.41. The third kappa shape index (κ3) is 3.75. The molecular formula is C14H17ClN2O. The number of rotatable bonds is 4. The van der Waals surface area contributed by atoms with E-state index in [4.69, 9.17) is 11.6 Å². The summed E-state index contributed by atoms with van der Waals surface area (Å²) in [6.07, 6.45) is 0.447. The largest absolute Gasteiger partial charge is 0.326 e. The Kier molecular flexibility index (Phi) is 5.18. The van der Waals surface area contributed by atoms with Crippen LogP contribution < -0.4 is 0 Å². The molecule has 0 saturated carbocycles.